The molecule has 1 rings (SSSR count). The highest BCUT2D eigenvalue weighted by Crippen LogP contribution is 2.39. The average Bonchev–Trinajstić information content (AvgIpc) is 2.15. The van der Waals surface area contributed by atoms with E-state index < -0.39 is 9.76 Å². The van der Waals surface area contributed by atoms with Gasteiger partial charge >= 0.3 is 5.97 Å². The Kier molecular flexibility index (Phi) is 5.02. The van der Waals surface area contributed by atoms with Gasteiger partial charge in [-0.05, 0) is 37.0 Å². The lowest BCUT2D eigenvalue weighted by molar-refractivity contribution is -0.150. The van der Waals surface area contributed by atoms with Crippen molar-refractivity contribution in [3.8, 4) is 0 Å². The topological polar surface area (TPSA) is 26.3 Å². The lowest BCUT2D eigenvalue weighted by Crippen LogP contribution is -2.33. The van der Waals surface area contributed by atoms with Crippen LogP contribution < -0.4 is 0 Å². The van der Waals surface area contributed by atoms with Gasteiger partial charge in [-0.2, -0.15) is 0 Å². The minimum atomic E-state index is -1.96. The molecule has 0 bridgehead atoms. The van der Waals surface area contributed by atoms with Crippen LogP contribution in [0.1, 0.15) is 46.5 Å². The van der Waals surface area contributed by atoms with Crippen molar-refractivity contribution < 1.29 is 9.53 Å². The third-order valence-electron chi connectivity index (χ3n) is 3.40. The van der Waals surface area contributed by atoms with Crippen molar-refractivity contribution in [1.82, 2.24) is 0 Å². The van der Waals surface area contributed by atoms with E-state index in [1.807, 2.05) is 0 Å². The van der Waals surface area contributed by atoms with E-state index in [2.05, 4.69) is 20.8 Å². The summed E-state index contributed by atoms with van der Waals surface area (Å²) in [7, 11) is 0. The summed E-state index contributed by atoms with van der Waals surface area (Å²) in [6.07, 6.45) is 3.72. The van der Waals surface area contributed by atoms with Crippen molar-refractivity contribution in [2.45, 2.75) is 56.4 Å². The monoisotopic (exact) mass is 300 g/mol. The Balaban J connectivity index is 2.41. The van der Waals surface area contributed by atoms with Gasteiger partial charge in [-0.3, -0.25) is 0 Å². The molecule has 0 aliphatic heterocycles. The summed E-state index contributed by atoms with van der Waals surface area (Å²) < 4.78 is 3.22. The molecule has 0 radical (unpaired) electrons. The first-order valence-corrected chi connectivity index (χ1v) is 7.02. The lowest BCUT2D eigenvalue weighted by atomic mass is 9.72. The molecule has 0 N–H and O–H groups in total. The molecule has 0 spiro atoms. The van der Waals surface area contributed by atoms with Gasteiger partial charge in [0.2, 0.25) is 0 Å². The molecule has 1 aliphatic carbocycles. The minimum Gasteiger partial charge on any atom is -0.459 e. The van der Waals surface area contributed by atoms with E-state index in [0.29, 0.717) is 11.3 Å². The Labute approximate surface area is 118 Å². The maximum atomic E-state index is 11.4. The summed E-state index contributed by atoms with van der Waals surface area (Å²) in [6, 6.07) is 0. The number of hydrogen-bond acceptors (Lipinski definition) is 2. The van der Waals surface area contributed by atoms with E-state index >= 15 is 0 Å². The molecular formula is C12H19Cl3O2. The maximum Gasteiger partial charge on any atom is 0.358 e. The van der Waals surface area contributed by atoms with Gasteiger partial charge in [0, 0.05) is 0 Å². The molecule has 0 unspecified atom stereocenters. The van der Waals surface area contributed by atoms with Gasteiger partial charge in [0.05, 0.1) is 0 Å². The molecule has 17 heavy (non-hydrogen) atoms. The zero-order valence-corrected chi connectivity index (χ0v) is 12.7. The Morgan fingerprint density at radius 3 is 1.88 bits per heavy atom. The van der Waals surface area contributed by atoms with Crippen LogP contribution in [0.15, 0.2) is 0 Å². The Bertz CT molecular complexity index is 270. The zero-order chi connectivity index (χ0) is 13.3. The molecule has 1 aliphatic rings. The minimum absolute atomic E-state index is 0.100. The number of ether oxygens (including phenoxy) is 1. The molecule has 5 heteroatoms. The first-order chi connectivity index (χ1) is 7.60. The number of rotatable bonds is 1. The van der Waals surface area contributed by atoms with Crippen LogP contribution in [0.25, 0.3) is 0 Å². The van der Waals surface area contributed by atoms with Crippen molar-refractivity contribution in [3.05, 3.63) is 0 Å². The van der Waals surface area contributed by atoms with E-state index in [4.69, 9.17) is 39.5 Å². The Hall–Kier alpha value is 0.340. The lowest BCUT2D eigenvalue weighted by Gasteiger charge is -2.36. The highest BCUT2D eigenvalue weighted by atomic mass is 35.6. The van der Waals surface area contributed by atoms with E-state index in [1.165, 1.54) is 0 Å². The quantitative estimate of drug-likeness (QED) is 0.526. The van der Waals surface area contributed by atoms with Crippen molar-refractivity contribution in [3.63, 3.8) is 0 Å². The van der Waals surface area contributed by atoms with E-state index in [0.717, 1.165) is 25.7 Å². The van der Waals surface area contributed by atoms with Gasteiger partial charge in [0.1, 0.15) is 6.10 Å². The summed E-state index contributed by atoms with van der Waals surface area (Å²) in [5.74, 6) is -0.0908. The average molecular weight is 302 g/mol. The number of esters is 1. The third kappa shape index (κ3) is 4.84. The second kappa shape index (κ2) is 5.54. The van der Waals surface area contributed by atoms with Crippen molar-refractivity contribution in [1.29, 1.82) is 0 Å². The molecule has 0 heterocycles. The predicted molar refractivity (Wildman–Crippen MR) is 71.6 cm³/mol. The summed E-state index contributed by atoms with van der Waals surface area (Å²) in [5, 5.41) is 0. The summed E-state index contributed by atoms with van der Waals surface area (Å²) >= 11 is 16.4. The summed E-state index contributed by atoms with van der Waals surface area (Å²) in [4.78, 5) is 11.4. The van der Waals surface area contributed by atoms with E-state index in [-0.39, 0.29) is 6.10 Å². The van der Waals surface area contributed by atoms with Crippen LogP contribution in [0, 0.1) is 11.3 Å². The van der Waals surface area contributed by atoms with E-state index in [1.54, 1.807) is 0 Å². The van der Waals surface area contributed by atoms with Crippen LogP contribution in [0.3, 0.4) is 0 Å². The number of carbonyl (C=O) groups is 1. The highest BCUT2D eigenvalue weighted by Gasteiger charge is 2.37. The maximum absolute atomic E-state index is 11.4. The number of alkyl halides is 3. The van der Waals surface area contributed by atoms with Crippen LogP contribution >= 0.6 is 34.8 Å². The first-order valence-electron chi connectivity index (χ1n) is 5.88. The fraction of sp³-hybridized carbons (Fsp3) is 0.917. The van der Waals surface area contributed by atoms with Gasteiger partial charge in [-0.1, -0.05) is 55.6 Å². The van der Waals surface area contributed by atoms with Crippen LogP contribution in [-0.4, -0.2) is 15.9 Å². The fourth-order valence-electron chi connectivity index (χ4n) is 2.26. The van der Waals surface area contributed by atoms with Crippen molar-refractivity contribution >= 4 is 40.8 Å². The van der Waals surface area contributed by atoms with Crippen LogP contribution in [0.2, 0.25) is 0 Å². The Morgan fingerprint density at radius 1 is 1.06 bits per heavy atom. The predicted octanol–water partition coefficient (Wildman–Crippen LogP) is 4.50. The highest BCUT2D eigenvalue weighted by molar-refractivity contribution is 6.75. The standard InChI is InChI=1S/C12H19Cl3O2/c1-11(2,3)8-4-6-9(7-5-8)17-10(16)12(13,14)15/h8-9H,4-7H2,1-3H3. The fourth-order valence-corrected chi connectivity index (χ4v) is 2.40. The second-order valence-electron chi connectivity index (χ2n) is 5.74. The normalized spacial score (nSPS) is 26.7. The number of halogens is 3. The molecule has 1 fully saturated rings. The zero-order valence-electron chi connectivity index (χ0n) is 10.4. The molecule has 0 aromatic rings. The van der Waals surface area contributed by atoms with Gasteiger partial charge in [-0.15, -0.1) is 0 Å². The molecule has 0 aromatic heterocycles. The number of carbonyl (C=O) groups excluding carboxylic acids is 1. The molecule has 0 amide bonds. The van der Waals surface area contributed by atoms with Crippen molar-refractivity contribution in [2.24, 2.45) is 11.3 Å². The van der Waals surface area contributed by atoms with Crippen LogP contribution in [-0.2, 0) is 9.53 Å². The smallest absolute Gasteiger partial charge is 0.358 e. The van der Waals surface area contributed by atoms with Crippen LogP contribution in [0.4, 0.5) is 0 Å². The number of hydrogen-bond donors (Lipinski definition) is 0. The first kappa shape index (κ1) is 15.4. The SMILES string of the molecule is CC(C)(C)C1CCC(OC(=O)C(Cl)(Cl)Cl)CC1. The van der Waals surface area contributed by atoms with Gasteiger partial charge in [-0.25, -0.2) is 4.79 Å². The molecule has 1 saturated carbocycles. The van der Waals surface area contributed by atoms with Crippen LogP contribution in [0.5, 0.6) is 0 Å². The molecule has 2 nitrogen and oxygen atoms in total. The molecule has 0 aromatic carbocycles. The van der Waals surface area contributed by atoms with Crippen molar-refractivity contribution in [2.75, 3.05) is 0 Å². The summed E-state index contributed by atoms with van der Waals surface area (Å²) in [6.45, 7) is 6.72. The molecule has 0 saturated heterocycles. The second-order valence-corrected chi connectivity index (χ2v) is 8.02. The van der Waals surface area contributed by atoms with Gasteiger partial charge in [0.15, 0.2) is 0 Å². The molecule has 100 valence electrons. The third-order valence-corrected chi connectivity index (χ3v) is 3.87. The molecule has 0 atom stereocenters. The van der Waals surface area contributed by atoms with Gasteiger partial charge in [0.25, 0.3) is 3.79 Å². The summed E-state index contributed by atoms with van der Waals surface area (Å²) in [5.41, 5.74) is 0.310. The largest absolute Gasteiger partial charge is 0.459 e. The van der Waals surface area contributed by atoms with Gasteiger partial charge < -0.3 is 4.74 Å². The Morgan fingerprint density at radius 2 is 1.53 bits per heavy atom. The molecular weight excluding hydrogens is 282 g/mol. The van der Waals surface area contributed by atoms with E-state index in [9.17, 15) is 4.79 Å².